The van der Waals surface area contributed by atoms with Crippen molar-refractivity contribution in [3.63, 3.8) is 0 Å². The first-order valence-electron chi connectivity index (χ1n) is 6.36. The lowest BCUT2D eigenvalue weighted by Crippen LogP contribution is -2.31. The number of ether oxygens (including phenoxy) is 2. The molecule has 0 aromatic carbocycles. The number of fused-ring (bicyclic) bond motifs is 1. The molecule has 0 bridgehead atoms. The molecule has 2 aromatic heterocycles. The third-order valence-electron chi connectivity index (χ3n) is 2.96. The summed E-state index contributed by atoms with van der Waals surface area (Å²) < 4.78 is 9.68. The highest BCUT2D eigenvalue weighted by Crippen LogP contribution is 2.35. The average molecular weight is 333 g/mol. The first-order valence-corrected chi connectivity index (χ1v) is 6.74. The molecule has 116 valence electrons. The van der Waals surface area contributed by atoms with Gasteiger partial charge in [0.2, 0.25) is 6.23 Å². The molecule has 8 nitrogen and oxygen atoms in total. The number of rotatable bonds is 3. The van der Waals surface area contributed by atoms with Gasteiger partial charge in [0.15, 0.2) is 5.69 Å². The Balaban J connectivity index is 2.02. The minimum atomic E-state index is -1.15. The quantitative estimate of drug-likeness (QED) is 0.629. The van der Waals surface area contributed by atoms with Crippen molar-refractivity contribution in [2.75, 3.05) is 4.90 Å². The molecule has 0 fully saturated rings. The van der Waals surface area contributed by atoms with E-state index in [0.29, 0.717) is 5.02 Å². The predicted octanol–water partition coefficient (Wildman–Crippen LogP) is 2.48. The second kappa shape index (κ2) is 6.01. The van der Waals surface area contributed by atoms with Crippen LogP contribution in [-0.2, 0) is 9.47 Å². The lowest BCUT2D eigenvalue weighted by molar-refractivity contribution is 0.0452. The van der Waals surface area contributed by atoms with E-state index in [2.05, 4.69) is 26.3 Å². The lowest BCUT2D eigenvalue weighted by Gasteiger charge is -2.22. The highest BCUT2D eigenvalue weighted by Gasteiger charge is 2.43. The Morgan fingerprint density at radius 3 is 2.78 bits per heavy atom. The fourth-order valence-corrected chi connectivity index (χ4v) is 2.18. The summed E-state index contributed by atoms with van der Waals surface area (Å²) in [6.07, 6.45) is 2.87. The summed E-state index contributed by atoms with van der Waals surface area (Å²) in [6, 6.07) is 3.07. The molecule has 0 radical (unpaired) electrons. The number of aromatic nitrogens is 3. The minimum absolute atomic E-state index is 0.0700. The van der Waals surface area contributed by atoms with Gasteiger partial charge in [0.25, 0.3) is 5.91 Å². The first-order chi connectivity index (χ1) is 11.1. The van der Waals surface area contributed by atoms with E-state index >= 15 is 0 Å². The smallest absolute Gasteiger partial charge is 0.404 e. The van der Waals surface area contributed by atoms with Gasteiger partial charge >= 0.3 is 6.16 Å². The molecule has 0 N–H and O–H groups in total. The van der Waals surface area contributed by atoms with Crippen LogP contribution in [0.15, 0.2) is 43.6 Å². The number of anilines is 1. The number of hydrogen-bond acceptors (Lipinski definition) is 7. The third-order valence-corrected chi connectivity index (χ3v) is 3.19. The van der Waals surface area contributed by atoms with Crippen LogP contribution < -0.4 is 4.90 Å². The minimum Gasteiger partial charge on any atom is -0.404 e. The summed E-state index contributed by atoms with van der Waals surface area (Å²) in [5.74, 6) is -0.269. The third kappa shape index (κ3) is 2.71. The predicted molar refractivity (Wildman–Crippen MR) is 78.6 cm³/mol. The Bertz CT molecular complexity index is 781. The maximum Gasteiger partial charge on any atom is 0.515 e. The van der Waals surface area contributed by atoms with Gasteiger partial charge in [0.1, 0.15) is 11.5 Å². The Morgan fingerprint density at radius 1 is 1.30 bits per heavy atom. The lowest BCUT2D eigenvalue weighted by atomic mass is 10.3. The van der Waals surface area contributed by atoms with E-state index in [0.717, 1.165) is 11.2 Å². The van der Waals surface area contributed by atoms with Crippen molar-refractivity contribution in [1.29, 1.82) is 0 Å². The summed E-state index contributed by atoms with van der Waals surface area (Å²) in [4.78, 5) is 37.4. The van der Waals surface area contributed by atoms with Crippen LogP contribution in [0.1, 0.15) is 22.4 Å². The molecule has 1 atom stereocenters. The molecular formula is C14H9ClN4O4. The van der Waals surface area contributed by atoms with Gasteiger partial charge in [-0.05, 0) is 12.1 Å². The summed E-state index contributed by atoms with van der Waals surface area (Å²) >= 11 is 5.80. The van der Waals surface area contributed by atoms with E-state index in [1.165, 1.54) is 24.7 Å². The van der Waals surface area contributed by atoms with Crippen molar-refractivity contribution < 1.29 is 19.1 Å². The van der Waals surface area contributed by atoms with Gasteiger partial charge < -0.3 is 9.47 Å². The molecule has 0 spiro atoms. The van der Waals surface area contributed by atoms with Crippen molar-refractivity contribution >= 4 is 29.5 Å². The summed E-state index contributed by atoms with van der Waals surface area (Å²) in [7, 11) is 0. The van der Waals surface area contributed by atoms with Crippen molar-refractivity contribution in [2.45, 2.75) is 6.23 Å². The highest BCUT2D eigenvalue weighted by atomic mass is 35.5. The van der Waals surface area contributed by atoms with Crippen LogP contribution in [0.4, 0.5) is 10.6 Å². The fourth-order valence-electron chi connectivity index (χ4n) is 2.07. The zero-order valence-electron chi connectivity index (χ0n) is 11.5. The topological polar surface area (TPSA) is 94.5 Å². The number of nitrogens with zero attached hydrogens (tertiary/aromatic N) is 4. The molecule has 9 heteroatoms. The van der Waals surface area contributed by atoms with E-state index in [1.807, 2.05) is 0 Å². The number of halogens is 1. The first kappa shape index (κ1) is 14.9. The molecule has 1 aliphatic heterocycles. The molecule has 0 saturated heterocycles. The molecule has 1 aliphatic rings. The molecule has 3 heterocycles. The number of hydrogen-bond donors (Lipinski definition) is 0. The van der Waals surface area contributed by atoms with E-state index in [9.17, 15) is 9.59 Å². The van der Waals surface area contributed by atoms with E-state index < -0.39 is 18.3 Å². The van der Waals surface area contributed by atoms with Crippen LogP contribution in [0.2, 0.25) is 5.02 Å². The van der Waals surface area contributed by atoms with Gasteiger partial charge in [0.05, 0.1) is 11.3 Å². The largest absolute Gasteiger partial charge is 0.515 e. The highest BCUT2D eigenvalue weighted by molar-refractivity contribution is 6.30. The Labute approximate surface area is 135 Å². The Morgan fingerprint density at radius 2 is 2.09 bits per heavy atom. The van der Waals surface area contributed by atoms with Gasteiger partial charge in [-0.3, -0.25) is 9.78 Å². The molecule has 1 amide bonds. The van der Waals surface area contributed by atoms with Crippen LogP contribution in [-0.4, -0.2) is 27.0 Å². The monoisotopic (exact) mass is 332 g/mol. The van der Waals surface area contributed by atoms with Crippen LogP contribution in [0.5, 0.6) is 0 Å². The van der Waals surface area contributed by atoms with Crippen LogP contribution in [0, 0.1) is 0 Å². The van der Waals surface area contributed by atoms with Crippen molar-refractivity contribution in [2.24, 2.45) is 0 Å². The van der Waals surface area contributed by atoms with Gasteiger partial charge in [-0.1, -0.05) is 18.2 Å². The maximum absolute atomic E-state index is 12.5. The molecule has 3 rings (SSSR count). The summed E-state index contributed by atoms with van der Waals surface area (Å²) in [5.41, 5.74) is 0.260. The SMILES string of the molecule is C=COC(=O)O[C@@H]1c2nccnc2C(=O)N1c1ccc(Cl)cn1. The number of carbonyl (C=O) groups excluding carboxylic acids is 2. The average Bonchev–Trinajstić information content (AvgIpc) is 2.82. The van der Waals surface area contributed by atoms with E-state index in [4.69, 9.17) is 16.3 Å². The van der Waals surface area contributed by atoms with Crippen molar-refractivity contribution in [1.82, 2.24) is 15.0 Å². The Kier molecular flexibility index (Phi) is 3.90. The maximum atomic E-state index is 12.5. The van der Waals surface area contributed by atoms with Crippen LogP contribution >= 0.6 is 11.6 Å². The summed E-state index contributed by atoms with van der Waals surface area (Å²) in [6.45, 7) is 3.26. The van der Waals surface area contributed by atoms with Crippen molar-refractivity contribution in [3.05, 3.63) is 60.0 Å². The van der Waals surface area contributed by atoms with Crippen LogP contribution in [0.25, 0.3) is 0 Å². The number of carbonyl (C=O) groups is 2. The molecule has 0 unspecified atom stereocenters. The van der Waals surface area contributed by atoms with Crippen LogP contribution in [0.3, 0.4) is 0 Å². The summed E-state index contributed by atoms with van der Waals surface area (Å²) in [5, 5.41) is 0.401. The second-order valence-electron chi connectivity index (χ2n) is 4.30. The molecular weight excluding hydrogens is 324 g/mol. The van der Waals surface area contributed by atoms with Gasteiger partial charge in [-0.15, -0.1) is 0 Å². The fraction of sp³-hybridized carbons (Fsp3) is 0.0714. The molecule has 0 aliphatic carbocycles. The van der Waals surface area contributed by atoms with Gasteiger partial charge in [-0.2, -0.15) is 0 Å². The molecule has 0 saturated carbocycles. The number of pyridine rings is 1. The van der Waals surface area contributed by atoms with Gasteiger partial charge in [-0.25, -0.2) is 19.7 Å². The zero-order chi connectivity index (χ0) is 16.4. The second-order valence-corrected chi connectivity index (χ2v) is 4.74. The normalized spacial score (nSPS) is 16.0. The standard InChI is InChI=1S/C14H9ClN4O4/c1-2-22-14(21)23-13-11-10(16-5-6-17-11)12(20)19(13)9-4-3-8(15)7-18-9/h2-7,13H,1H2/t13-/m1/s1. The Hall–Kier alpha value is -3.00. The van der Waals surface area contributed by atoms with E-state index in [-0.39, 0.29) is 17.2 Å². The number of amides is 1. The molecule has 23 heavy (non-hydrogen) atoms. The zero-order valence-corrected chi connectivity index (χ0v) is 12.3. The van der Waals surface area contributed by atoms with E-state index in [1.54, 1.807) is 6.07 Å². The molecule has 2 aromatic rings. The van der Waals surface area contributed by atoms with Crippen molar-refractivity contribution in [3.8, 4) is 0 Å². The van der Waals surface area contributed by atoms with Gasteiger partial charge in [0, 0.05) is 18.6 Å².